The average Bonchev–Trinajstić information content (AvgIpc) is 2.17. The fourth-order valence-electron chi connectivity index (χ4n) is 1.11. The quantitative estimate of drug-likeness (QED) is 0.519. The van der Waals surface area contributed by atoms with Gasteiger partial charge >= 0.3 is 0 Å². The summed E-state index contributed by atoms with van der Waals surface area (Å²) in [4.78, 5) is 11.7. The molecule has 0 N–H and O–H groups in total. The van der Waals surface area contributed by atoms with Crippen molar-refractivity contribution in [3.05, 3.63) is 35.9 Å². The Balaban J connectivity index is 2.82. The van der Waals surface area contributed by atoms with Crippen LogP contribution in [0.2, 0.25) is 0 Å². The maximum absolute atomic E-state index is 11.7. The molecule has 0 unspecified atom stereocenters. The van der Waals surface area contributed by atoms with Gasteiger partial charge in [-0.25, -0.2) is 5.01 Å². The molecule has 3 heteroatoms. The zero-order valence-corrected chi connectivity index (χ0v) is 8.69. The molecule has 1 aromatic carbocycles. The Morgan fingerprint density at radius 2 is 1.79 bits per heavy atom. The third kappa shape index (κ3) is 2.69. The standard InChI is InChI=1S/C11H14N2O/c1-9(2)12-13(3)11(14)10-7-5-4-6-8-10/h4-8H,1-3H3. The van der Waals surface area contributed by atoms with Crippen molar-refractivity contribution in [1.29, 1.82) is 0 Å². The van der Waals surface area contributed by atoms with Crippen LogP contribution in [0.15, 0.2) is 35.4 Å². The SMILES string of the molecule is CC(C)=NN(C)C(=O)c1ccccc1. The first-order valence-electron chi connectivity index (χ1n) is 4.46. The molecule has 0 saturated heterocycles. The highest BCUT2D eigenvalue weighted by atomic mass is 16.2. The van der Waals surface area contributed by atoms with Gasteiger partial charge in [-0.3, -0.25) is 4.79 Å². The summed E-state index contributed by atoms with van der Waals surface area (Å²) in [5.41, 5.74) is 1.51. The van der Waals surface area contributed by atoms with E-state index < -0.39 is 0 Å². The van der Waals surface area contributed by atoms with Crippen LogP contribution in [0.25, 0.3) is 0 Å². The van der Waals surface area contributed by atoms with Crippen LogP contribution in [0.3, 0.4) is 0 Å². The summed E-state index contributed by atoms with van der Waals surface area (Å²) in [6, 6.07) is 9.11. The highest BCUT2D eigenvalue weighted by Gasteiger charge is 2.08. The number of hydrogen-bond acceptors (Lipinski definition) is 2. The smallest absolute Gasteiger partial charge is 0.267 e. The van der Waals surface area contributed by atoms with Crippen molar-refractivity contribution in [2.75, 3.05) is 7.05 Å². The van der Waals surface area contributed by atoms with Crippen molar-refractivity contribution in [2.45, 2.75) is 13.8 Å². The first kappa shape index (κ1) is 10.4. The number of carbonyl (C=O) groups excluding carboxylic acids is 1. The first-order valence-corrected chi connectivity index (χ1v) is 4.46. The molecular formula is C11H14N2O. The number of rotatable bonds is 2. The van der Waals surface area contributed by atoms with E-state index in [1.54, 1.807) is 19.2 Å². The number of benzene rings is 1. The zero-order valence-electron chi connectivity index (χ0n) is 8.69. The van der Waals surface area contributed by atoms with E-state index in [0.717, 1.165) is 5.71 Å². The highest BCUT2D eigenvalue weighted by Crippen LogP contribution is 2.03. The molecule has 0 aliphatic carbocycles. The van der Waals surface area contributed by atoms with Gasteiger partial charge in [-0.2, -0.15) is 5.10 Å². The van der Waals surface area contributed by atoms with Gasteiger partial charge in [-0.15, -0.1) is 0 Å². The van der Waals surface area contributed by atoms with Gasteiger partial charge in [0.2, 0.25) is 0 Å². The van der Waals surface area contributed by atoms with Crippen molar-refractivity contribution in [3.63, 3.8) is 0 Å². The Kier molecular flexibility index (Phi) is 3.40. The molecule has 3 nitrogen and oxygen atoms in total. The Bertz CT molecular complexity index is 340. The van der Waals surface area contributed by atoms with E-state index in [9.17, 15) is 4.79 Å². The Morgan fingerprint density at radius 1 is 1.21 bits per heavy atom. The van der Waals surface area contributed by atoms with E-state index in [-0.39, 0.29) is 5.91 Å². The summed E-state index contributed by atoms with van der Waals surface area (Å²) in [7, 11) is 1.66. The number of nitrogens with zero attached hydrogens (tertiary/aromatic N) is 2. The highest BCUT2D eigenvalue weighted by molar-refractivity contribution is 5.94. The molecule has 0 radical (unpaired) electrons. The van der Waals surface area contributed by atoms with Gasteiger partial charge in [-0.05, 0) is 26.0 Å². The van der Waals surface area contributed by atoms with E-state index in [1.807, 2.05) is 32.0 Å². The van der Waals surface area contributed by atoms with E-state index >= 15 is 0 Å². The van der Waals surface area contributed by atoms with Crippen LogP contribution < -0.4 is 0 Å². The Hall–Kier alpha value is -1.64. The summed E-state index contributed by atoms with van der Waals surface area (Å²) < 4.78 is 0. The third-order valence-electron chi connectivity index (χ3n) is 1.66. The molecule has 0 aliphatic rings. The molecule has 1 rings (SSSR count). The van der Waals surface area contributed by atoms with E-state index in [2.05, 4.69) is 5.10 Å². The zero-order chi connectivity index (χ0) is 10.6. The lowest BCUT2D eigenvalue weighted by atomic mass is 10.2. The van der Waals surface area contributed by atoms with Gasteiger partial charge in [0.25, 0.3) is 5.91 Å². The average molecular weight is 190 g/mol. The van der Waals surface area contributed by atoms with E-state index in [4.69, 9.17) is 0 Å². The fraction of sp³-hybridized carbons (Fsp3) is 0.273. The molecule has 0 aromatic heterocycles. The van der Waals surface area contributed by atoms with Crippen molar-refractivity contribution in [1.82, 2.24) is 5.01 Å². The molecule has 14 heavy (non-hydrogen) atoms. The molecule has 0 fully saturated rings. The minimum absolute atomic E-state index is 0.0909. The maximum atomic E-state index is 11.7. The summed E-state index contributed by atoms with van der Waals surface area (Å²) >= 11 is 0. The summed E-state index contributed by atoms with van der Waals surface area (Å²) in [5, 5.41) is 5.41. The van der Waals surface area contributed by atoms with Crippen molar-refractivity contribution in [3.8, 4) is 0 Å². The van der Waals surface area contributed by atoms with Crippen molar-refractivity contribution in [2.24, 2.45) is 5.10 Å². The largest absolute Gasteiger partial charge is 0.273 e. The second kappa shape index (κ2) is 4.56. The van der Waals surface area contributed by atoms with Crippen molar-refractivity contribution < 1.29 is 4.79 Å². The van der Waals surface area contributed by atoms with Crippen LogP contribution in [0.4, 0.5) is 0 Å². The van der Waals surface area contributed by atoms with Crippen molar-refractivity contribution >= 4 is 11.6 Å². The maximum Gasteiger partial charge on any atom is 0.273 e. The second-order valence-corrected chi connectivity index (χ2v) is 3.24. The van der Waals surface area contributed by atoms with Gasteiger partial charge < -0.3 is 0 Å². The molecule has 74 valence electrons. The lowest BCUT2D eigenvalue weighted by Crippen LogP contribution is -2.21. The molecule has 0 atom stereocenters. The van der Waals surface area contributed by atoms with Gasteiger partial charge in [0.1, 0.15) is 0 Å². The molecule has 0 bridgehead atoms. The van der Waals surface area contributed by atoms with Gasteiger partial charge in [0.05, 0.1) is 0 Å². The molecule has 0 saturated carbocycles. The number of amides is 1. The normalized spacial score (nSPS) is 9.36. The Labute approximate surface area is 84.0 Å². The van der Waals surface area contributed by atoms with Crippen LogP contribution in [0, 0.1) is 0 Å². The monoisotopic (exact) mass is 190 g/mol. The lowest BCUT2D eigenvalue weighted by molar-refractivity contribution is 0.0799. The minimum atomic E-state index is -0.0909. The molecule has 0 aliphatic heterocycles. The number of hydrogen-bond donors (Lipinski definition) is 0. The molecule has 0 spiro atoms. The Morgan fingerprint density at radius 3 is 2.29 bits per heavy atom. The van der Waals surface area contributed by atoms with Gasteiger partial charge in [-0.1, -0.05) is 18.2 Å². The first-order chi connectivity index (χ1) is 6.61. The van der Waals surface area contributed by atoms with Crippen LogP contribution in [0.5, 0.6) is 0 Å². The summed E-state index contributed by atoms with van der Waals surface area (Å²) in [6.45, 7) is 3.71. The van der Waals surface area contributed by atoms with Gasteiger partial charge in [0.15, 0.2) is 0 Å². The second-order valence-electron chi connectivity index (χ2n) is 3.24. The van der Waals surface area contributed by atoms with Crippen LogP contribution in [-0.4, -0.2) is 23.7 Å². The lowest BCUT2D eigenvalue weighted by Gasteiger charge is -2.11. The van der Waals surface area contributed by atoms with Gasteiger partial charge in [0, 0.05) is 18.3 Å². The minimum Gasteiger partial charge on any atom is -0.267 e. The number of hydrazone groups is 1. The molecule has 0 heterocycles. The fourth-order valence-corrected chi connectivity index (χ4v) is 1.11. The van der Waals surface area contributed by atoms with Crippen LogP contribution in [0.1, 0.15) is 24.2 Å². The van der Waals surface area contributed by atoms with E-state index in [0.29, 0.717) is 5.56 Å². The molecular weight excluding hydrogens is 176 g/mol. The van der Waals surface area contributed by atoms with Crippen LogP contribution >= 0.6 is 0 Å². The molecule has 1 aromatic rings. The van der Waals surface area contributed by atoms with E-state index in [1.165, 1.54) is 5.01 Å². The summed E-state index contributed by atoms with van der Waals surface area (Å²) in [6.07, 6.45) is 0. The summed E-state index contributed by atoms with van der Waals surface area (Å²) in [5.74, 6) is -0.0909. The third-order valence-corrected chi connectivity index (χ3v) is 1.66. The predicted octanol–water partition coefficient (Wildman–Crippen LogP) is 2.15. The topological polar surface area (TPSA) is 32.7 Å². The number of carbonyl (C=O) groups is 1. The predicted molar refractivity (Wildman–Crippen MR) is 57.3 cm³/mol. The van der Waals surface area contributed by atoms with Crippen LogP contribution in [-0.2, 0) is 0 Å². The molecule has 1 amide bonds.